The number of ether oxygens (including phenoxy) is 5. The molecule has 1 heterocycles. The van der Waals surface area contributed by atoms with Gasteiger partial charge in [-0.05, 0) is 106 Å². The lowest BCUT2D eigenvalue weighted by molar-refractivity contribution is -0.251. The number of aliphatic hydroxyl groups excluding tert-OH is 2. The van der Waals surface area contributed by atoms with Crippen LogP contribution >= 0.6 is 0 Å². The summed E-state index contributed by atoms with van der Waals surface area (Å²) in [7, 11) is 1.15. The molecule has 13 nitrogen and oxygen atoms in total. The lowest BCUT2D eigenvalue weighted by Gasteiger charge is -2.64. The quantitative estimate of drug-likeness (QED) is 0.0635. The van der Waals surface area contributed by atoms with E-state index in [1.165, 1.54) is 31.1 Å². The van der Waals surface area contributed by atoms with Crippen molar-refractivity contribution in [2.24, 2.45) is 39.4 Å². The van der Waals surface area contributed by atoms with E-state index in [0.717, 1.165) is 32.8 Å². The first-order chi connectivity index (χ1) is 28.3. The molecule has 1 saturated heterocycles. The van der Waals surface area contributed by atoms with Gasteiger partial charge in [-0.15, -0.1) is 0 Å². The summed E-state index contributed by atoms with van der Waals surface area (Å²) in [6.07, 6.45) is 1.39. The first-order valence-electron chi connectivity index (χ1n) is 21.9. The highest BCUT2D eigenvalue weighted by atomic mass is 16.6. The second kappa shape index (κ2) is 16.8. The maximum atomic E-state index is 13.8. The number of fused-ring (bicyclic) bond motifs is 4. The zero-order chi connectivity index (χ0) is 45.1. The fourth-order valence-electron chi connectivity index (χ4n) is 12.8. The number of hydrogen-bond acceptors (Lipinski definition) is 13. The molecule has 1 aliphatic heterocycles. The summed E-state index contributed by atoms with van der Waals surface area (Å²) in [5.41, 5.74) is -2.13. The highest BCUT2D eigenvalue weighted by molar-refractivity contribution is 5.94. The van der Waals surface area contributed by atoms with E-state index in [0.29, 0.717) is 31.2 Å². The third kappa shape index (κ3) is 8.71. The highest BCUT2D eigenvalue weighted by Crippen LogP contribution is 2.73. The average molecular weight is 853 g/mol. The Bertz CT molecular complexity index is 1910. The minimum Gasteiger partial charge on any atom is -0.463 e. The molecule has 0 aromatic heterocycles. The summed E-state index contributed by atoms with van der Waals surface area (Å²) in [5.74, 6) is -3.80. The molecular formula is C48H68O13. The second-order valence-electron chi connectivity index (χ2n) is 20.7. The van der Waals surface area contributed by atoms with Crippen molar-refractivity contribution in [2.45, 2.75) is 168 Å². The SMILES string of the molecule is COC(=O)/C(=C\c1ccccc1)OC(=O)CC(C)(O)CC(=O)O[C@H]1[C@H](OC(C)=O)C[C@]2(C)C3=C(CCC2C1(C)C)[C@]1(C)CC[C@H]([C@H]2CC[C@H](C(C)(C)O)OC2O)[C@@]1(C)[C@@H](O)C3. The lowest BCUT2D eigenvalue weighted by Crippen LogP contribution is -2.63. The average Bonchev–Trinajstić information content (AvgIpc) is 3.44. The number of allylic oxidation sites excluding steroid dienone is 1. The van der Waals surface area contributed by atoms with Gasteiger partial charge < -0.3 is 44.1 Å². The Balaban J connectivity index is 1.21. The van der Waals surface area contributed by atoms with Gasteiger partial charge in [0, 0.05) is 23.7 Å². The minimum absolute atomic E-state index is 0.00932. The van der Waals surface area contributed by atoms with Crippen molar-refractivity contribution >= 4 is 30.0 Å². The fourth-order valence-corrected chi connectivity index (χ4v) is 12.8. The van der Waals surface area contributed by atoms with Gasteiger partial charge >= 0.3 is 23.9 Å². The topological polar surface area (TPSA) is 195 Å². The van der Waals surface area contributed by atoms with Crippen LogP contribution in [0.4, 0.5) is 0 Å². The largest absolute Gasteiger partial charge is 0.463 e. The Kier molecular flexibility index (Phi) is 12.9. The van der Waals surface area contributed by atoms with E-state index >= 15 is 0 Å². The molecule has 1 aromatic rings. The first kappa shape index (κ1) is 46.9. The monoisotopic (exact) mass is 852 g/mol. The Morgan fingerprint density at radius 1 is 0.885 bits per heavy atom. The number of carbonyl (C=O) groups excluding carboxylic acids is 4. The molecule has 13 heteroatoms. The van der Waals surface area contributed by atoms with Crippen LogP contribution in [0.25, 0.3) is 6.08 Å². The summed E-state index contributed by atoms with van der Waals surface area (Å²) in [4.78, 5) is 52.0. The highest BCUT2D eigenvalue weighted by Gasteiger charge is 2.69. The number of benzene rings is 1. The molecule has 4 aliphatic carbocycles. The summed E-state index contributed by atoms with van der Waals surface area (Å²) in [5, 5.41) is 45.7. The number of methoxy groups -OCH3 is 1. The molecule has 0 amide bonds. The van der Waals surface area contributed by atoms with Crippen molar-refractivity contribution in [3.63, 3.8) is 0 Å². The number of aliphatic hydroxyl groups is 4. The van der Waals surface area contributed by atoms with Crippen LogP contribution in [0.15, 0.2) is 47.2 Å². The van der Waals surface area contributed by atoms with E-state index in [2.05, 4.69) is 20.8 Å². The van der Waals surface area contributed by atoms with Crippen LogP contribution in [-0.4, -0.2) is 93.3 Å². The van der Waals surface area contributed by atoms with Crippen LogP contribution in [0.5, 0.6) is 0 Å². The van der Waals surface area contributed by atoms with E-state index in [1.807, 2.05) is 13.8 Å². The predicted molar refractivity (Wildman–Crippen MR) is 224 cm³/mol. The standard InChI is InChI=1S/C48H68O13/c1-27(49)58-34-24-46(7)32-23-36(50)48(9)30(29-16-19-37(44(4,5)55)60-41(29)53)20-21-47(48,8)31(32)17-18-35(46)43(2,3)40(34)61-39(52)26-45(6,56)25-38(51)59-33(42(54)57-10)22-28-14-12-11-13-15-28/h11-15,22,29-30,34-37,40-41,50,53,55-56H,16-21,23-26H2,1-10H3/b33-22+/t29-,30-,34-,35?,36+,37-,40+,41?,45?,46-,47+,48+/m1/s1. The van der Waals surface area contributed by atoms with Crippen molar-refractivity contribution < 1.29 is 63.3 Å². The van der Waals surface area contributed by atoms with Gasteiger partial charge in [-0.25, -0.2) is 4.79 Å². The van der Waals surface area contributed by atoms with Gasteiger partial charge in [0.15, 0.2) is 6.29 Å². The van der Waals surface area contributed by atoms with Gasteiger partial charge in [0.05, 0.1) is 43.4 Å². The summed E-state index contributed by atoms with van der Waals surface area (Å²) >= 11 is 0. The zero-order valence-corrected chi connectivity index (χ0v) is 37.6. The molecule has 3 unspecified atom stereocenters. The third-order valence-corrected chi connectivity index (χ3v) is 15.8. The maximum absolute atomic E-state index is 13.8. The molecule has 4 N–H and O–H groups in total. The molecule has 2 saturated carbocycles. The first-order valence-corrected chi connectivity index (χ1v) is 21.9. The molecule has 338 valence electrons. The lowest BCUT2D eigenvalue weighted by atomic mass is 9.42. The van der Waals surface area contributed by atoms with E-state index in [4.69, 9.17) is 23.7 Å². The molecule has 3 fully saturated rings. The Morgan fingerprint density at radius 2 is 1.54 bits per heavy atom. The van der Waals surface area contributed by atoms with E-state index < -0.39 is 94.9 Å². The molecule has 6 rings (SSSR count). The van der Waals surface area contributed by atoms with E-state index in [1.54, 1.807) is 44.2 Å². The number of rotatable bonds is 11. The Morgan fingerprint density at radius 3 is 2.15 bits per heavy atom. The predicted octanol–water partition coefficient (Wildman–Crippen LogP) is 6.33. The zero-order valence-electron chi connectivity index (χ0n) is 37.6. The van der Waals surface area contributed by atoms with Gasteiger partial charge in [0.2, 0.25) is 5.76 Å². The van der Waals surface area contributed by atoms with Crippen molar-refractivity contribution in [1.82, 2.24) is 0 Å². The van der Waals surface area contributed by atoms with Crippen molar-refractivity contribution in [3.8, 4) is 0 Å². The molecule has 5 aliphatic rings. The van der Waals surface area contributed by atoms with Crippen molar-refractivity contribution in [1.29, 1.82) is 0 Å². The Labute approximate surface area is 360 Å². The van der Waals surface area contributed by atoms with E-state index in [-0.39, 0.29) is 28.9 Å². The summed E-state index contributed by atoms with van der Waals surface area (Å²) in [6, 6.07) is 8.71. The van der Waals surface area contributed by atoms with Gasteiger partial charge in [0.25, 0.3) is 0 Å². The Hall–Kier alpha value is -3.62. The number of esters is 4. The second-order valence-corrected chi connectivity index (χ2v) is 20.7. The minimum atomic E-state index is -1.92. The molecule has 61 heavy (non-hydrogen) atoms. The maximum Gasteiger partial charge on any atom is 0.374 e. The van der Waals surface area contributed by atoms with Crippen molar-refractivity contribution in [2.75, 3.05) is 7.11 Å². The van der Waals surface area contributed by atoms with E-state index in [9.17, 15) is 39.6 Å². The molecule has 0 radical (unpaired) electrons. The van der Waals surface area contributed by atoms with Crippen LogP contribution < -0.4 is 0 Å². The number of hydrogen-bond donors (Lipinski definition) is 4. The van der Waals surface area contributed by atoms with Crippen LogP contribution in [0.2, 0.25) is 0 Å². The normalized spacial score (nSPS) is 37.0. The summed E-state index contributed by atoms with van der Waals surface area (Å²) in [6.45, 7) is 16.7. The van der Waals surface area contributed by atoms with Gasteiger partial charge in [-0.1, -0.05) is 76.1 Å². The van der Waals surface area contributed by atoms with Crippen LogP contribution in [0.1, 0.15) is 132 Å². The van der Waals surface area contributed by atoms with Gasteiger partial charge in [-0.2, -0.15) is 0 Å². The van der Waals surface area contributed by atoms with Crippen LogP contribution in [-0.2, 0) is 42.9 Å². The summed E-state index contributed by atoms with van der Waals surface area (Å²) < 4.78 is 28.3. The molecule has 12 atom stereocenters. The van der Waals surface area contributed by atoms with Crippen molar-refractivity contribution in [3.05, 3.63) is 52.8 Å². The molecule has 1 aromatic carbocycles. The third-order valence-electron chi connectivity index (χ3n) is 15.8. The van der Waals surface area contributed by atoms with Gasteiger partial charge in [0.1, 0.15) is 12.2 Å². The molecule has 0 spiro atoms. The van der Waals surface area contributed by atoms with Gasteiger partial charge in [-0.3, -0.25) is 14.4 Å². The fraction of sp³-hybridized carbons (Fsp3) is 0.708. The molecular weight excluding hydrogens is 785 g/mol. The smallest absolute Gasteiger partial charge is 0.374 e. The molecule has 0 bridgehead atoms. The number of carbonyl (C=O) groups is 4. The van der Waals surface area contributed by atoms with Crippen LogP contribution in [0, 0.1) is 39.4 Å². The van der Waals surface area contributed by atoms with Crippen LogP contribution in [0.3, 0.4) is 0 Å².